The minimum atomic E-state index is -0.155. The third kappa shape index (κ3) is 5.46. The monoisotopic (exact) mass is 556 g/mol. The summed E-state index contributed by atoms with van der Waals surface area (Å²) in [5.74, 6) is 0.0562. The number of nitrogen functional groups attached to an aromatic ring is 1. The van der Waals surface area contributed by atoms with E-state index in [-0.39, 0.29) is 30.2 Å². The van der Waals surface area contributed by atoms with Gasteiger partial charge in [0.1, 0.15) is 11.8 Å². The van der Waals surface area contributed by atoms with Crippen LogP contribution in [0.4, 0.5) is 11.5 Å². The largest absolute Gasteiger partial charge is 0.382 e. The number of hydrogen-bond donors (Lipinski definition) is 3. The van der Waals surface area contributed by atoms with Crippen molar-refractivity contribution in [2.45, 2.75) is 32.2 Å². The van der Waals surface area contributed by atoms with E-state index < -0.39 is 0 Å². The van der Waals surface area contributed by atoms with E-state index in [1.165, 1.54) is 24.6 Å². The molecular formula is C25H29ClN8O3S. The Morgan fingerprint density at radius 3 is 2.89 bits per heavy atom. The molecule has 0 radical (unpaired) electrons. The van der Waals surface area contributed by atoms with Gasteiger partial charge in [0, 0.05) is 52.1 Å². The summed E-state index contributed by atoms with van der Waals surface area (Å²) in [7, 11) is 0. The van der Waals surface area contributed by atoms with Crippen LogP contribution >= 0.6 is 22.9 Å². The molecule has 2 aliphatic rings. The van der Waals surface area contributed by atoms with E-state index in [9.17, 15) is 14.4 Å². The van der Waals surface area contributed by atoms with Gasteiger partial charge in [0.2, 0.25) is 11.8 Å². The zero-order valence-corrected chi connectivity index (χ0v) is 22.5. The van der Waals surface area contributed by atoms with E-state index in [0.29, 0.717) is 46.7 Å². The Morgan fingerprint density at radius 1 is 1.29 bits per heavy atom. The van der Waals surface area contributed by atoms with Crippen LogP contribution in [0.5, 0.6) is 0 Å². The van der Waals surface area contributed by atoms with Gasteiger partial charge in [0.15, 0.2) is 5.82 Å². The van der Waals surface area contributed by atoms with Crippen molar-refractivity contribution in [3.63, 3.8) is 0 Å². The SMILES string of the molecule is CC(=O)NCCC(=O)N1CC=C(c2cc(N3CCC[C@@H](NC(=O)c4ccc(Cl)s4)C3)c3c(N)ncnn23)C1. The summed E-state index contributed by atoms with van der Waals surface area (Å²) in [5.41, 5.74) is 9.74. The second-order valence-electron chi connectivity index (χ2n) is 9.42. The van der Waals surface area contributed by atoms with E-state index in [0.717, 1.165) is 36.3 Å². The Bertz CT molecular complexity index is 1420. The maximum atomic E-state index is 12.7. The molecule has 11 nitrogen and oxygen atoms in total. The van der Waals surface area contributed by atoms with Crippen molar-refractivity contribution >= 4 is 63.3 Å². The van der Waals surface area contributed by atoms with E-state index >= 15 is 0 Å². The third-order valence-corrected chi connectivity index (χ3v) is 8.00. The predicted molar refractivity (Wildman–Crippen MR) is 147 cm³/mol. The maximum Gasteiger partial charge on any atom is 0.261 e. The zero-order chi connectivity index (χ0) is 26.8. The number of halogens is 1. The molecule has 0 unspecified atom stereocenters. The van der Waals surface area contributed by atoms with Gasteiger partial charge in [-0.25, -0.2) is 9.50 Å². The Morgan fingerprint density at radius 2 is 2.13 bits per heavy atom. The molecule has 2 aliphatic heterocycles. The summed E-state index contributed by atoms with van der Waals surface area (Å²) in [5, 5.41) is 10.3. The Hall–Kier alpha value is -3.64. The standard InChI is InChI=1S/C25H29ClN8O3S/c1-15(35)28-8-6-22(36)33-10-7-16(12-33)18-11-19(23-24(27)29-14-30-34(18)23)32-9-2-3-17(13-32)31-25(37)20-4-5-21(26)38-20/h4-5,7,11,14,17H,2-3,6,8-10,12-13H2,1H3,(H,28,35)(H,31,37)(H2,27,29,30)/t17-/m1/s1. The highest BCUT2D eigenvalue weighted by Gasteiger charge is 2.29. The van der Waals surface area contributed by atoms with Crippen LogP contribution in [0.1, 0.15) is 41.6 Å². The molecule has 4 N–H and O–H groups in total. The van der Waals surface area contributed by atoms with Crippen molar-refractivity contribution in [3.8, 4) is 0 Å². The highest BCUT2D eigenvalue weighted by molar-refractivity contribution is 7.18. The quantitative estimate of drug-likeness (QED) is 0.405. The first-order chi connectivity index (χ1) is 18.3. The molecule has 0 spiro atoms. The van der Waals surface area contributed by atoms with E-state index in [4.69, 9.17) is 17.3 Å². The summed E-state index contributed by atoms with van der Waals surface area (Å²) in [6.45, 7) is 4.09. The molecule has 0 saturated carbocycles. The number of fused-ring (bicyclic) bond motifs is 1. The lowest BCUT2D eigenvalue weighted by atomic mass is 10.0. The van der Waals surface area contributed by atoms with Gasteiger partial charge in [-0.2, -0.15) is 5.10 Å². The number of amides is 3. The first-order valence-corrected chi connectivity index (χ1v) is 13.6. The number of carbonyl (C=O) groups is 3. The molecule has 0 bridgehead atoms. The molecule has 38 heavy (non-hydrogen) atoms. The van der Waals surface area contributed by atoms with Crippen molar-refractivity contribution in [3.05, 3.63) is 45.5 Å². The number of thiophene rings is 1. The van der Waals surface area contributed by atoms with Crippen molar-refractivity contribution in [2.75, 3.05) is 43.4 Å². The fourth-order valence-corrected chi connectivity index (χ4v) is 5.91. The average molecular weight is 557 g/mol. The predicted octanol–water partition coefficient (Wildman–Crippen LogP) is 2.18. The highest BCUT2D eigenvalue weighted by atomic mass is 35.5. The topological polar surface area (TPSA) is 138 Å². The van der Waals surface area contributed by atoms with Crippen molar-refractivity contribution in [1.29, 1.82) is 0 Å². The van der Waals surface area contributed by atoms with Crippen LogP contribution < -0.4 is 21.3 Å². The average Bonchev–Trinajstić information content (AvgIpc) is 3.62. The van der Waals surface area contributed by atoms with E-state index in [1.54, 1.807) is 21.5 Å². The lowest BCUT2D eigenvalue weighted by Gasteiger charge is -2.34. The number of hydrogen-bond acceptors (Lipinski definition) is 8. The normalized spacial score (nSPS) is 17.5. The zero-order valence-electron chi connectivity index (χ0n) is 20.9. The molecule has 5 heterocycles. The Kier molecular flexibility index (Phi) is 7.52. The molecule has 3 amide bonds. The smallest absolute Gasteiger partial charge is 0.261 e. The van der Waals surface area contributed by atoms with Crippen LogP contribution in [-0.4, -0.2) is 76.0 Å². The van der Waals surface area contributed by atoms with E-state index in [1.807, 2.05) is 12.1 Å². The molecule has 1 fully saturated rings. The lowest BCUT2D eigenvalue weighted by molar-refractivity contribution is -0.129. The van der Waals surface area contributed by atoms with Gasteiger partial charge < -0.3 is 26.2 Å². The van der Waals surface area contributed by atoms with Crippen LogP contribution in [0, 0.1) is 0 Å². The highest BCUT2D eigenvalue weighted by Crippen LogP contribution is 2.35. The van der Waals surface area contributed by atoms with Crippen LogP contribution in [0.15, 0.2) is 30.6 Å². The second kappa shape index (κ2) is 11.0. The fourth-order valence-electron chi connectivity index (χ4n) is 4.96. The maximum absolute atomic E-state index is 12.7. The molecular weight excluding hydrogens is 528 g/mol. The van der Waals surface area contributed by atoms with Gasteiger partial charge in [0.25, 0.3) is 5.91 Å². The fraction of sp³-hybridized carbons (Fsp3) is 0.400. The summed E-state index contributed by atoms with van der Waals surface area (Å²) in [4.78, 5) is 45.2. The number of nitrogens with two attached hydrogens (primary N) is 1. The number of anilines is 2. The van der Waals surface area contributed by atoms with Crippen molar-refractivity contribution in [1.82, 2.24) is 30.1 Å². The molecule has 5 rings (SSSR count). The van der Waals surface area contributed by atoms with Gasteiger partial charge >= 0.3 is 0 Å². The molecule has 0 aliphatic carbocycles. The molecule has 0 aromatic carbocycles. The molecule has 13 heteroatoms. The van der Waals surface area contributed by atoms with Crippen LogP contribution in [0.2, 0.25) is 4.34 Å². The minimum absolute atomic E-state index is 0.0260. The number of carbonyl (C=O) groups excluding carboxylic acids is 3. The van der Waals surface area contributed by atoms with Crippen LogP contribution in [0.3, 0.4) is 0 Å². The minimum Gasteiger partial charge on any atom is -0.382 e. The van der Waals surface area contributed by atoms with Crippen LogP contribution in [-0.2, 0) is 9.59 Å². The number of piperidine rings is 1. The lowest BCUT2D eigenvalue weighted by Crippen LogP contribution is -2.47. The number of nitrogens with zero attached hydrogens (tertiary/aromatic N) is 5. The van der Waals surface area contributed by atoms with Gasteiger partial charge in [-0.05, 0) is 36.6 Å². The van der Waals surface area contributed by atoms with E-state index in [2.05, 4.69) is 25.6 Å². The van der Waals surface area contributed by atoms with Gasteiger partial charge in [-0.1, -0.05) is 17.7 Å². The first kappa shape index (κ1) is 26.0. The molecule has 3 aromatic rings. The summed E-state index contributed by atoms with van der Waals surface area (Å²) < 4.78 is 2.36. The third-order valence-electron chi connectivity index (χ3n) is 6.77. The van der Waals surface area contributed by atoms with Crippen LogP contribution in [0.25, 0.3) is 11.1 Å². The number of aromatic nitrogens is 3. The second-order valence-corrected chi connectivity index (χ2v) is 11.1. The first-order valence-electron chi connectivity index (χ1n) is 12.4. The molecule has 1 atom stereocenters. The summed E-state index contributed by atoms with van der Waals surface area (Å²) in [6, 6.07) is 5.46. The number of nitrogens with one attached hydrogen (secondary N) is 2. The number of rotatable bonds is 7. The van der Waals surface area contributed by atoms with Gasteiger partial charge in [0.05, 0.1) is 20.6 Å². The van der Waals surface area contributed by atoms with Crippen molar-refractivity contribution in [2.24, 2.45) is 0 Å². The molecule has 3 aromatic heterocycles. The Labute approximate surface area is 228 Å². The Balaban J connectivity index is 1.34. The van der Waals surface area contributed by atoms with Gasteiger partial charge in [-0.15, -0.1) is 11.3 Å². The molecule has 1 saturated heterocycles. The van der Waals surface area contributed by atoms with Crippen molar-refractivity contribution < 1.29 is 14.4 Å². The molecule has 200 valence electrons. The van der Waals surface area contributed by atoms with Gasteiger partial charge in [-0.3, -0.25) is 14.4 Å². The summed E-state index contributed by atoms with van der Waals surface area (Å²) >= 11 is 7.26. The summed E-state index contributed by atoms with van der Waals surface area (Å²) in [6.07, 6.45) is 5.45.